The smallest absolute Gasteiger partial charge is 0.264 e. The molecule has 0 radical (unpaired) electrons. The number of aromatic nitrogens is 4. The molecule has 0 saturated carbocycles. The van der Waals surface area contributed by atoms with E-state index in [0.29, 0.717) is 22.3 Å². The maximum Gasteiger partial charge on any atom is 0.264 e. The number of nitrogens with one attached hydrogen (secondary N) is 1. The topological polar surface area (TPSA) is 98.9 Å². The van der Waals surface area contributed by atoms with E-state index < -0.39 is 5.41 Å². The second-order valence-electron chi connectivity index (χ2n) is 7.39. The number of hydrogen-bond acceptors (Lipinski definition) is 5. The van der Waals surface area contributed by atoms with Crippen molar-refractivity contribution < 1.29 is 9.59 Å². The summed E-state index contributed by atoms with van der Waals surface area (Å²) in [5, 5.41) is 7.18. The first kappa shape index (κ1) is 18.5. The van der Waals surface area contributed by atoms with Gasteiger partial charge in [0.05, 0.1) is 12.7 Å². The molecule has 0 atom stereocenters. The number of nitrogens with zero attached hydrogens (tertiary/aromatic N) is 4. The van der Waals surface area contributed by atoms with E-state index in [9.17, 15) is 14.4 Å². The molecule has 0 fully saturated rings. The van der Waals surface area contributed by atoms with Crippen LogP contribution < -0.4 is 10.9 Å². The van der Waals surface area contributed by atoms with Gasteiger partial charge in [-0.05, 0) is 24.3 Å². The van der Waals surface area contributed by atoms with E-state index in [4.69, 9.17) is 0 Å². The van der Waals surface area contributed by atoms with E-state index >= 15 is 0 Å². The normalized spacial score (nSPS) is 11.6. The van der Waals surface area contributed by atoms with E-state index in [1.54, 1.807) is 31.3 Å². The van der Waals surface area contributed by atoms with Crippen molar-refractivity contribution >= 4 is 28.4 Å². The molecule has 3 aromatic rings. The van der Waals surface area contributed by atoms with Gasteiger partial charge in [-0.2, -0.15) is 5.10 Å². The molecular formula is C19H21N5O3. The lowest BCUT2D eigenvalue weighted by atomic mass is 9.95. The third-order valence-electron chi connectivity index (χ3n) is 4.18. The van der Waals surface area contributed by atoms with Crippen molar-refractivity contribution in [1.29, 1.82) is 0 Å². The molecular weight excluding hydrogens is 346 g/mol. The molecule has 27 heavy (non-hydrogen) atoms. The summed E-state index contributed by atoms with van der Waals surface area (Å²) in [7, 11) is 1.70. The zero-order chi connectivity index (χ0) is 19.8. The number of fused-ring (bicyclic) bond motifs is 1. The second kappa shape index (κ2) is 6.79. The standard InChI is InChI=1S/C19H21N5O3/c1-19(2,3)18(27)22-13-7-5-12(6-8-13)15(25)10-24-11-20-16-14(17(24)26)9-21-23(16)4/h5-9,11H,10H2,1-4H3,(H,22,27). The van der Waals surface area contributed by atoms with Gasteiger partial charge < -0.3 is 5.32 Å². The number of rotatable bonds is 4. The number of carbonyl (C=O) groups is 2. The van der Waals surface area contributed by atoms with E-state index in [1.807, 2.05) is 20.8 Å². The Morgan fingerprint density at radius 2 is 1.81 bits per heavy atom. The molecule has 140 valence electrons. The SMILES string of the molecule is Cn1ncc2c(=O)n(CC(=O)c3ccc(NC(=O)C(C)(C)C)cc3)cnc21. The summed E-state index contributed by atoms with van der Waals surface area (Å²) in [5.74, 6) is -0.334. The van der Waals surface area contributed by atoms with Gasteiger partial charge in [-0.1, -0.05) is 20.8 Å². The van der Waals surface area contributed by atoms with Crippen LogP contribution in [-0.4, -0.2) is 31.0 Å². The minimum Gasteiger partial charge on any atom is -0.326 e. The highest BCUT2D eigenvalue weighted by Gasteiger charge is 2.21. The van der Waals surface area contributed by atoms with Gasteiger partial charge in [-0.25, -0.2) is 4.98 Å². The predicted molar refractivity (Wildman–Crippen MR) is 102 cm³/mol. The minimum atomic E-state index is -0.506. The van der Waals surface area contributed by atoms with Crippen LogP contribution in [0.4, 0.5) is 5.69 Å². The number of hydrogen-bond donors (Lipinski definition) is 1. The zero-order valence-corrected chi connectivity index (χ0v) is 15.7. The maximum absolute atomic E-state index is 12.5. The van der Waals surface area contributed by atoms with Crippen molar-refractivity contribution in [2.24, 2.45) is 12.5 Å². The van der Waals surface area contributed by atoms with Crippen LogP contribution in [0, 0.1) is 5.41 Å². The van der Waals surface area contributed by atoms with Crippen molar-refractivity contribution in [3.8, 4) is 0 Å². The van der Waals surface area contributed by atoms with Gasteiger partial charge in [0.1, 0.15) is 11.7 Å². The van der Waals surface area contributed by atoms with Crippen molar-refractivity contribution in [2.45, 2.75) is 27.3 Å². The quantitative estimate of drug-likeness (QED) is 0.711. The Kier molecular flexibility index (Phi) is 4.65. The van der Waals surface area contributed by atoms with Gasteiger partial charge in [0, 0.05) is 23.7 Å². The Morgan fingerprint density at radius 1 is 1.15 bits per heavy atom. The lowest BCUT2D eigenvalue weighted by Gasteiger charge is -2.17. The summed E-state index contributed by atoms with van der Waals surface area (Å²) in [5.41, 5.74) is 0.718. The molecule has 0 unspecified atom stereocenters. The molecule has 1 aromatic carbocycles. The number of Topliss-reactive ketones (excluding diaryl/α,β-unsaturated/α-hetero) is 1. The van der Waals surface area contributed by atoms with Crippen LogP contribution in [-0.2, 0) is 18.4 Å². The third-order valence-corrected chi connectivity index (χ3v) is 4.18. The van der Waals surface area contributed by atoms with Gasteiger partial charge in [-0.15, -0.1) is 0 Å². The van der Waals surface area contributed by atoms with Crippen LogP contribution in [0.25, 0.3) is 11.0 Å². The maximum atomic E-state index is 12.5. The molecule has 0 aliphatic heterocycles. The van der Waals surface area contributed by atoms with E-state index in [2.05, 4.69) is 15.4 Å². The fraction of sp³-hybridized carbons (Fsp3) is 0.316. The van der Waals surface area contributed by atoms with Crippen molar-refractivity contribution in [3.05, 3.63) is 52.7 Å². The number of ketones is 1. The average molecular weight is 367 g/mol. The summed E-state index contributed by atoms with van der Waals surface area (Å²) in [6.45, 7) is 5.35. The van der Waals surface area contributed by atoms with Gasteiger partial charge in [-0.3, -0.25) is 23.6 Å². The fourth-order valence-corrected chi connectivity index (χ4v) is 2.48. The molecule has 2 aromatic heterocycles. The lowest BCUT2D eigenvalue weighted by Crippen LogP contribution is -2.27. The Balaban J connectivity index is 1.76. The van der Waals surface area contributed by atoms with Crippen LogP contribution in [0.15, 0.2) is 41.6 Å². The van der Waals surface area contributed by atoms with Gasteiger partial charge in [0.15, 0.2) is 11.4 Å². The first-order valence-corrected chi connectivity index (χ1v) is 8.48. The van der Waals surface area contributed by atoms with Crippen LogP contribution in [0.5, 0.6) is 0 Å². The highest BCUT2D eigenvalue weighted by atomic mass is 16.2. The minimum absolute atomic E-state index is 0.107. The molecule has 1 N–H and O–H groups in total. The number of carbonyl (C=O) groups excluding carboxylic acids is 2. The first-order valence-electron chi connectivity index (χ1n) is 8.48. The van der Waals surface area contributed by atoms with Crippen LogP contribution in [0.3, 0.4) is 0 Å². The number of anilines is 1. The summed E-state index contributed by atoms with van der Waals surface area (Å²) in [4.78, 5) is 41.1. The van der Waals surface area contributed by atoms with Gasteiger partial charge in [0.2, 0.25) is 5.91 Å². The molecule has 0 saturated heterocycles. The Bertz CT molecular complexity index is 1070. The molecule has 1 amide bonds. The molecule has 3 rings (SSSR count). The monoisotopic (exact) mass is 367 g/mol. The zero-order valence-electron chi connectivity index (χ0n) is 15.7. The highest BCUT2D eigenvalue weighted by Crippen LogP contribution is 2.18. The van der Waals surface area contributed by atoms with E-state index in [0.717, 1.165) is 0 Å². The van der Waals surface area contributed by atoms with Crippen molar-refractivity contribution in [3.63, 3.8) is 0 Å². The third kappa shape index (κ3) is 3.79. The second-order valence-corrected chi connectivity index (χ2v) is 7.39. The van der Waals surface area contributed by atoms with Crippen LogP contribution in [0.1, 0.15) is 31.1 Å². The summed E-state index contributed by atoms with van der Waals surface area (Å²) in [6.07, 6.45) is 2.79. The molecule has 0 aliphatic rings. The fourth-order valence-electron chi connectivity index (χ4n) is 2.48. The lowest BCUT2D eigenvalue weighted by molar-refractivity contribution is -0.123. The summed E-state index contributed by atoms with van der Waals surface area (Å²) in [6, 6.07) is 6.59. The molecule has 8 nitrogen and oxygen atoms in total. The molecule has 0 aliphatic carbocycles. The Hall–Kier alpha value is -3.29. The molecule has 8 heteroatoms. The predicted octanol–water partition coefficient (Wildman–Crippen LogP) is 2.00. The van der Waals surface area contributed by atoms with Crippen LogP contribution >= 0.6 is 0 Å². The largest absolute Gasteiger partial charge is 0.326 e. The highest BCUT2D eigenvalue weighted by molar-refractivity contribution is 5.98. The van der Waals surface area contributed by atoms with Gasteiger partial charge >= 0.3 is 0 Å². The molecule has 0 bridgehead atoms. The van der Waals surface area contributed by atoms with Crippen LogP contribution in [0.2, 0.25) is 0 Å². The molecule has 2 heterocycles. The number of amides is 1. The van der Waals surface area contributed by atoms with Crippen molar-refractivity contribution in [1.82, 2.24) is 19.3 Å². The first-order chi connectivity index (χ1) is 12.7. The molecule has 0 spiro atoms. The van der Waals surface area contributed by atoms with E-state index in [1.165, 1.54) is 21.8 Å². The number of benzene rings is 1. The Morgan fingerprint density at radius 3 is 2.44 bits per heavy atom. The summed E-state index contributed by atoms with van der Waals surface area (Å²) < 4.78 is 2.77. The van der Waals surface area contributed by atoms with Gasteiger partial charge in [0.25, 0.3) is 5.56 Å². The average Bonchev–Trinajstić information content (AvgIpc) is 2.99. The van der Waals surface area contributed by atoms with Crippen molar-refractivity contribution in [2.75, 3.05) is 5.32 Å². The van der Waals surface area contributed by atoms with E-state index in [-0.39, 0.29) is 23.8 Å². The number of aryl methyl sites for hydroxylation is 1. The Labute approximate surface area is 155 Å². The summed E-state index contributed by atoms with van der Waals surface area (Å²) >= 11 is 0.